The van der Waals surface area contributed by atoms with Crippen molar-refractivity contribution < 1.29 is 19.0 Å². The van der Waals surface area contributed by atoms with E-state index in [4.69, 9.17) is 14.2 Å². The minimum absolute atomic E-state index is 0.0639. The van der Waals surface area contributed by atoms with Crippen molar-refractivity contribution in [1.82, 2.24) is 4.98 Å². The summed E-state index contributed by atoms with van der Waals surface area (Å²) >= 11 is 0. The third kappa shape index (κ3) is 4.93. The summed E-state index contributed by atoms with van der Waals surface area (Å²) in [7, 11) is 0. The molecule has 1 aromatic rings. The van der Waals surface area contributed by atoms with Crippen molar-refractivity contribution in [3.63, 3.8) is 0 Å². The average molecular weight is 319 g/mol. The molecule has 2 aliphatic rings. The van der Waals surface area contributed by atoms with E-state index in [9.17, 15) is 4.79 Å². The lowest BCUT2D eigenvalue weighted by Gasteiger charge is -2.21. The van der Waals surface area contributed by atoms with Gasteiger partial charge in [0.1, 0.15) is 5.75 Å². The standard InChI is InChI=1S/C18H25NO4/c20-18(15-8-10-21-11-9-15)23-16-6-7-17(19-12-16)22-13-14-4-2-1-3-5-14/h6-7,12,14-15H,1-5,8-11,13H2. The fourth-order valence-electron chi connectivity index (χ4n) is 3.20. The Kier molecular flexibility index (Phi) is 5.86. The van der Waals surface area contributed by atoms with E-state index < -0.39 is 0 Å². The fourth-order valence-corrected chi connectivity index (χ4v) is 3.20. The number of pyridine rings is 1. The number of carbonyl (C=O) groups is 1. The quantitative estimate of drug-likeness (QED) is 0.779. The van der Waals surface area contributed by atoms with Crippen LogP contribution in [0.4, 0.5) is 0 Å². The molecule has 1 aliphatic heterocycles. The maximum absolute atomic E-state index is 12.0. The lowest BCUT2D eigenvalue weighted by Crippen LogP contribution is -2.27. The number of rotatable bonds is 5. The van der Waals surface area contributed by atoms with Gasteiger partial charge in [0.2, 0.25) is 5.88 Å². The van der Waals surface area contributed by atoms with Gasteiger partial charge in [-0.2, -0.15) is 0 Å². The number of hydrogen-bond donors (Lipinski definition) is 0. The summed E-state index contributed by atoms with van der Waals surface area (Å²) in [6, 6.07) is 3.52. The number of aromatic nitrogens is 1. The van der Waals surface area contributed by atoms with Crippen LogP contribution in [0.3, 0.4) is 0 Å². The monoisotopic (exact) mass is 319 g/mol. The zero-order chi connectivity index (χ0) is 15.9. The first kappa shape index (κ1) is 16.2. The van der Waals surface area contributed by atoms with Gasteiger partial charge in [0.15, 0.2) is 0 Å². The molecular weight excluding hydrogens is 294 g/mol. The molecule has 0 amide bonds. The molecule has 0 unspecified atom stereocenters. The van der Waals surface area contributed by atoms with Crippen molar-refractivity contribution in [3.05, 3.63) is 18.3 Å². The summed E-state index contributed by atoms with van der Waals surface area (Å²) in [5, 5.41) is 0. The second-order valence-electron chi connectivity index (χ2n) is 6.45. The molecule has 0 N–H and O–H groups in total. The van der Waals surface area contributed by atoms with E-state index in [0.29, 0.717) is 30.8 Å². The van der Waals surface area contributed by atoms with Gasteiger partial charge in [0.05, 0.1) is 18.7 Å². The zero-order valence-electron chi connectivity index (χ0n) is 13.5. The smallest absolute Gasteiger partial charge is 0.314 e. The molecule has 126 valence electrons. The number of carbonyl (C=O) groups excluding carboxylic acids is 1. The predicted molar refractivity (Wildman–Crippen MR) is 85.5 cm³/mol. The first-order valence-electron chi connectivity index (χ1n) is 8.69. The first-order valence-corrected chi connectivity index (χ1v) is 8.69. The normalized spacial score (nSPS) is 20.2. The molecule has 2 fully saturated rings. The van der Waals surface area contributed by atoms with Crippen LogP contribution in [-0.2, 0) is 9.53 Å². The molecule has 23 heavy (non-hydrogen) atoms. The van der Waals surface area contributed by atoms with Crippen LogP contribution in [0.25, 0.3) is 0 Å². The van der Waals surface area contributed by atoms with E-state index in [0.717, 1.165) is 19.4 Å². The molecule has 5 heteroatoms. The van der Waals surface area contributed by atoms with Gasteiger partial charge in [0.25, 0.3) is 0 Å². The van der Waals surface area contributed by atoms with E-state index >= 15 is 0 Å². The molecule has 0 radical (unpaired) electrons. The van der Waals surface area contributed by atoms with Gasteiger partial charge >= 0.3 is 5.97 Å². The van der Waals surface area contributed by atoms with Crippen molar-refractivity contribution in [2.24, 2.45) is 11.8 Å². The van der Waals surface area contributed by atoms with Crippen LogP contribution in [-0.4, -0.2) is 30.8 Å². The fraction of sp³-hybridized carbons (Fsp3) is 0.667. The molecule has 5 nitrogen and oxygen atoms in total. The summed E-state index contributed by atoms with van der Waals surface area (Å²) in [6.45, 7) is 1.99. The van der Waals surface area contributed by atoms with Gasteiger partial charge in [-0.1, -0.05) is 19.3 Å². The van der Waals surface area contributed by atoms with E-state index in [-0.39, 0.29) is 11.9 Å². The highest BCUT2D eigenvalue weighted by molar-refractivity contribution is 5.75. The predicted octanol–water partition coefficient (Wildman–Crippen LogP) is 3.37. The number of ether oxygens (including phenoxy) is 3. The van der Waals surface area contributed by atoms with Crippen LogP contribution in [0.2, 0.25) is 0 Å². The Morgan fingerprint density at radius 1 is 1.13 bits per heavy atom. The highest BCUT2D eigenvalue weighted by atomic mass is 16.5. The Bertz CT molecular complexity index is 490. The van der Waals surface area contributed by atoms with Gasteiger partial charge in [-0.15, -0.1) is 0 Å². The second-order valence-corrected chi connectivity index (χ2v) is 6.45. The zero-order valence-corrected chi connectivity index (χ0v) is 13.5. The lowest BCUT2D eigenvalue weighted by atomic mass is 9.90. The van der Waals surface area contributed by atoms with Crippen molar-refractivity contribution >= 4 is 5.97 Å². The third-order valence-corrected chi connectivity index (χ3v) is 4.67. The van der Waals surface area contributed by atoms with E-state index in [1.165, 1.54) is 32.1 Å². The molecule has 1 saturated heterocycles. The van der Waals surface area contributed by atoms with Gasteiger partial charge in [0, 0.05) is 19.3 Å². The Labute approximate surface area is 137 Å². The topological polar surface area (TPSA) is 57.7 Å². The largest absolute Gasteiger partial charge is 0.477 e. The molecule has 1 aromatic heterocycles. The highest BCUT2D eigenvalue weighted by Crippen LogP contribution is 2.25. The Morgan fingerprint density at radius 3 is 2.61 bits per heavy atom. The van der Waals surface area contributed by atoms with Crippen LogP contribution in [0.15, 0.2) is 18.3 Å². The average Bonchev–Trinajstić information content (AvgIpc) is 2.63. The maximum Gasteiger partial charge on any atom is 0.314 e. The van der Waals surface area contributed by atoms with E-state index in [2.05, 4.69) is 4.98 Å². The molecule has 0 bridgehead atoms. The molecule has 0 aromatic carbocycles. The highest BCUT2D eigenvalue weighted by Gasteiger charge is 2.23. The molecule has 0 atom stereocenters. The van der Waals surface area contributed by atoms with E-state index in [1.54, 1.807) is 18.3 Å². The molecule has 1 aliphatic carbocycles. The van der Waals surface area contributed by atoms with Gasteiger partial charge in [-0.25, -0.2) is 4.98 Å². The number of esters is 1. The Balaban J connectivity index is 1.45. The second kappa shape index (κ2) is 8.29. The summed E-state index contributed by atoms with van der Waals surface area (Å²) in [5.41, 5.74) is 0. The number of nitrogens with zero attached hydrogens (tertiary/aromatic N) is 1. The Hall–Kier alpha value is -1.62. The van der Waals surface area contributed by atoms with Crippen molar-refractivity contribution in [2.45, 2.75) is 44.9 Å². The summed E-state index contributed by atoms with van der Waals surface area (Å²) < 4.78 is 16.4. The van der Waals surface area contributed by atoms with Crippen LogP contribution < -0.4 is 9.47 Å². The van der Waals surface area contributed by atoms with Crippen molar-refractivity contribution in [2.75, 3.05) is 19.8 Å². The van der Waals surface area contributed by atoms with Crippen LogP contribution in [0, 0.1) is 11.8 Å². The van der Waals surface area contributed by atoms with Crippen molar-refractivity contribution in [3.8, 4) is 11.6 Å². The molecule has 3 rings (SSSR count). The van der Waals surface area contributed by atoms with E-state index in [1.807, 2.05) is 0 Å². The molecule has 1 saturated carbocycles. The molecule has 0 spiro atoms. The van der Waals surface area contributed by atoms with Crippen LogP contribution >= 0.6 is 0 Å². The minimum atomic E-state index is -0.189. The van der Waals surface area contributed by atoms with Crippen LogP contribution in [0.1, 0.15) is 44.9 Å². The summed E-state index contributed by atoms with van der Waals surface area (Å²) in [4.78, 5) is 16.3. The summed E-state index contributed by atoms with van der Waals surface area (Å²) in [6.07, 6.45) is 9.49. The third-order valence-electron chi connectivity index (χ3n) is 4.67. The van der Waals surface area contributed by atoms with Crippen LogP contribution in [0.5, 0.6) is 11.6 Å². The van der Waals surface area contributed by atoms with Crippen molar-refractivity contribution in [1.29, 1.82) is 0 Å². The minimum Gasteiger partial charge on any atom is -0.477 e. The number of hydrogen-bond acceptors (Lipinski definition) is 5. The molecular formula is C18H25NO4. The van der Waals surface area contributed by atoms with Gasteiger partial charge in [-0.05, 0) is 37.7 Å². The summed E-state index contributed by atoms with van der Waals surface area (Å²) in [5.74, 6) is 1.47. The molecule has 2 heterocycles. The first-order chi connectivity index (χ1) is 11.3. The van der Waals surface area contributed by atoms with Gasteiger partial charge < -0.3 is 14.2 Å². The Morgan fingerprint density at radius 2 is 1.91 bits per heavy atom. The maximum atomic E-state index is 12.0. The SMILES string of the molecule is O=C(Oc1ccc(OCC2CCCCC2)nc1)C1CCOCC1. The lowest BCUT2D eigenvalue weighted by molar-refractivity contribution is -0.142. The van der Waals surface area contributed by atoms with Gasteiger partial charge in [-0.3, -0.25) is 4.79 Å².